The van der Waals surface area contributed by atoms with E-state index in [1.807, 2.05) is 4.90 Å². The highest BCUT2D eigenvalue weighted by molar-refractivity contribution is 7.91. The van der Waals surface area contributed by atoms with E-state index in [4.69, 9.17) is 10.7 Å². The number of carbonyl (C=O) groups excluding carboxylic acids is 1. The maximum atomic E-state index is 14.3. The fourth-order valence-electron chi connectivity index (χ4n) is 6.43. The van der Waals surface area contributed by atoms with Crippen LogP contribution in [0.15, 0.2) is 59.9 Å². The number of amides is 1. The van der Waals surface area contributed by atoms with Gasteiger partial charge in [0.1, 0.15) is 16.5 Å². The average Bonchev–Trinajstić information content (AvgIpc) is 3.71. The molecule has 2 aliphatic rings. The maximum Gasteiger partial charge on any atom is 0.276 e. The van der Waals surface area contributed by atoms with Gasteiger partial charge >= 0.3 is 0 Å². The molecule has 0 radical (unpaired) electrons. The molecule has 0 spiro atoms. The fraction of sp³-hybridized carbons (Fsp3) is 0.286. The predicted molar refractivity (Wildman–Crippen MR) is 150 cm³/mol. The molecule has 0 saturated carbocycles. The van der Waals surface area contributed by atoms with Crippen molar-refractivity contribution in [3.63, 3.8) is 0 Å². The van der Waals surface area contributed by atoms with Crippen molar-refractivity contribution in [2.45, 2.75) is 48.6 Å². The summed E-state index contributed by atoms with van der Waals surface area (Å²) >= 11 is 0. The lowest BCUT2D eigenvalue weighted by Crippen LogP contribution is -2.46. The zero-order valence-corrected chi connectivity index (χ0v) is 23.3. The van der Waals surface area contributed by atoms with Gasteiger partial charge in [-0.3, -0.25) is 9.78 Å². The van der Waals surface area contributed by atoms with Crippen LogP contribution in [0.1, 0.15) is 47.8 Å². The summed E-state index contributed by atoms with van der Waals surface area (Å²) in [6.45, 7) is 0. The molecule has 5 aromatic rings. The lowest BCUT2D eigenvalue weighted by molar-refractivity contribution is 0.0562. The second-order valence-corrected chi connectivity index (χ2v) is 12.8. The molecular weight excluding hydrogens is 561 g/mol. The number of H-pyrrole nitrogens is 1. The van der Waals surface area contributed by atoms with E-state index >= 15 is 0 Å². The highest BCUT2D eigenvalue weighted by Crippen LogP contribution is 2.45. The first-order valence-corrected chi connectivity index (χ1v) is 15.4. The largest absolute Gasteiger partial charge is 0.382 e. The van der Waals surface area contributed by atoms with E-state index in [1.54, 1.807) is 42.7 Å². The SMILES string of the molecule is CS(=O)(=O)c1c(C2C[C@H]3CC[C@H](C2)N3C(=O)c2cn[nH]n2)nc2c(-c3ccc(-c4ccccc4F)nc3)cnn2c1N. The van der Waals surface area contributed by atoms with Crippen molar-refractivity contribution in [2.75, 3.05) is 12.0 Å². The number of sulfone groups is 1. The third-order valence-corrected chi connectivity index (χ3v) is 9.41. The first-order chi connectivity index (χ1) is 20.2. The molecule has 2 bridgehead atoms. The van der Waals surface area contributed by atoms with E-state index in [2.05, 4.69) is 25.5 Å². The molecule has 12 nitrogen and oxygen atoms in total. The highest BCUT2D eigenvalue weighted by atomic mass is 32.2. The van der Waals surface area contributed by atoms with Gasteiger partial charge in [0, 0.05) is 47.1 Å². The van der Waals surface area contributed by atoms with Gasteiger partial charge in [-0.05, 0) is 43.9 Å². The minimum atomic E-state index is -3.78. The second kappa shape index (κ2) is 9.69. The number of hydrogen-bond donors (Lipinski definition) is 2. The minimum Gasteiger partial charge on any atom is -0.382 e. The van der Waals surface area contributed by atoms with Crippen molar-refractivity contribution >= 4 is 27.2 Å². The van der Waals surface area contributed by atoms with Crippen LogP contribution in [0.5, 0.6) is 0 Å². The summed E-state index contributed by atoms with van der Waals surface area (Å²) in [5.41, 5.74) is 9.65. The van der Waals surface area contributed by atoms with Crippen molar-refractivity contribution in [3.05, 3.63) is 72.2 Å². The molecule has 2 atom stereocenters. The van der Waals surface area contributed by atoms with Gasteiger partial charge in [-0.15, -0.1) is 0 Å². The number of aromatic nitrogens is 7. The Kier molecular flexibility index (Phi) is 6.04. The normalized spacial score (nSPS) is 20.3. The second-order valence-electron chi connectivity index (χ2n) is 10.8. The number of benzene rings is 1. The Balaban J connectivity index is 1.28. The van der Waals surface area contributed by atoms with E-state index < -0.39 is 9.84 Å². The van der Waals surface area contributed by atoms with Gasteiger partial charge in [-0.25, -0.2) is 17.8 Å². The van der Waals surface area contributed by atoms with Crippen molar-refractivity contribution in [1.29, 1.82) is 0 Å². The highest BCUT2D eigenvalue weighted by Gasteiger charge is 2.46. The van der Waals surface area contributed by atoms with Crippen LogP contribution in [-0.2, 0) is 9.84 Å². The number of halogens is 1. The van der Waals surface area contributed by atoms with Gasteiger partial charge in [0.25, 0.3) is 5.91 Å². The molecule has 3 N–H and O–H groups in total. The van der Waals surface area contributed by atoms with Gasteiger partial charge in [-0.2, -0.15) is 25.0 Å². The number of carbonyl (C=O) groups is 1. The molecular formula is C28H26FN9O3S. The topological polar surface area (TPSA) is 165 Å². The Bertz CT molecular complexity index is 1930. The van der Waals surface area contributed by atoms with Crippen LogP contribution in [0.25, 0.3) is 28.0 Å². The lowest BCUT2D eigenvalue weighted by atomic mass is 9.87. The molecule has 4 aromatic heterocycles. The van der Waals surface area contributed by atoms with Crippen LogP contribution < -0.4 is 5.73 Å². The van der Waals surface area contributed by atoms with E-state index in [-0.39, 0.29) is 46.1 Å². The summed E-state index contributed by atoms with van der Waals surface area (Å²) < 4.78 is 41.8. The number of nitrogens with two attached hydrogens (primary N) is 1. The summed E-state index contributed by atoms with van der Waals surface area (Å²) in [7, 11) is -3.78. The first kappa shape index (κ1) is 26.2. The number of rotatable bonds is 5. The van der Waals surface area contributed by atoms with Crippen LogP contribution in [0.3, 0.4) is 0 Å². The molecule has 1 amide bonds. The zero-order chi connectivity index (χ0) is 29.2. The van der Waals surface area contributed by atoms with E-state index in [0.717, 1.165) is 19.1 Å². The average molecular weight is 588 g/mol. The molecule has 0 aliphatic carbocycles. The number of fused-ring (bicyclic) bond motifs is 3. The number of nitrogen functional groups attached to an aromatic ring is 1. The van der Waals surface area contributed by atoms with Crippen LogP contribution >= 0.6 is 0 Å². The van der Waals surface area contributed by atoms with E-state index in [1.165, 1.54) is 16.8 Å². The summed E-state index contributed by atoms with van der Waals surface area (Å²) in [5.74, 6) is -0.826. The van der Waals surface area contributed by atoms with Gasteiger partial charge in [0.05, 0.1) is 23.8 Å². The number of piperidine rings is 1. The Morgan fingerprint density at radius 1 is 1.05 bits per heavy atom. The number of hydrogen-bond acceptors (Lipinski definition) is 9. The predicted octanol–water partition coefficient (Wildman–Crippen LogP) is 3.25. The molecule has 1 aromatic carbocycles. The molecule has 6 heterocycles. The molecule has 2 fully saturated rings. The molecule has 42 heavy (non-hydrogen) atoms. The number of anilines is 1. The molecule has 2 saturated heterocycles. The van der Waals surface area contributed by atoms with Crippen molar-refractivity contribution in [3.8, 4) is 22.4 Å². The summed E-state index contributed by atoms with van der Waals surface area (Å²) in [6, 6.07) is 9.72. The Hall–Kier alpha value is -4.72. The quantitative estimate of drug-likeness (QED) is 0.314. The van der Waals surface area contributed by atoms with E-state index in [9.17, 15) is 17.6 Å². The van der Waals surface area contributed by atoms with Crippen molar-refractivity contribution < 1.29 is 17.6 Å². The molecule has 14 heteroatoms. The van der Waals surface area contributed by atoms with Gasteiger partial charge in [-0.1, -0.05) is 18.2 Å². The van der Waals surface area contributed by atoms with Crippen LogP contribution in [0.2, 0.25) is 0 Å². The summed E-state index contributed by atoms with van der Waals surface area (Å²) in [6.07, 6.45) is 8.37. The zero-order valence-electron chi connectivity index (χ0n) is 22.5. The fourth-order valence-corrected chi connectivity index (χ4v) is 7.49. The van der Waals surface area contributed by atoms with Crippen LogP contribution in [-0.4, -0.2) is 72.6 Å². The standard InChI is InChI=1S/C28H26FN9O3S/c1-42(40,41)25-24(16-10-17-7-8-18(11-16)37(17)28(39)23-14-32-36-35-23)34-27-20(13-33-38(27)26(25)30)15-6-9-22(31-12-15)19-4-2-3-5-21(19)29/h2-6,9,12-14,16-18H,7-8,10-11,30H2,1H3,(H,32,35,36)/t17-,18-/m1/s1. The Morgan fingerprint density at radius 2 is 1.81 bits per heavy atom. The van der Waals surface area contributed by atoms with Crippen LogP contribution in [0, 0.1) is 5.82 Å². The Labute approximate surface area is 239 Å². The lowest BCUT2D eigenvalue weighted by Gasteiger charge is -2.38. The minimum absolute atomic E-state index is 0.0202. The van der Waals surface area contributed by atoms with Gasteiger partial charge in [0.2, 0.25) is 0 Å². The van der Waals surface area contributed by atoms with Crippen molar-refractivity contribution in [2.24, 2.45) is 0 Å². The van der Waals surface area contributed by atoms with Gasteiger partial charge in [0.15, 0.2) is 21.2 Å². The first-order valence-electron chi connectivity index (χ1n) is 13.5. The summed E-state index contributed by atoms with van der Waals surface area (Å²) in [5, 5.41) is 14.6. The molecule has 2 aliphatic heterocycles. The number of nitrogens with one attached hydrogen (secondary N) is 1. The number of nitrogens with zero attached hydrogens (tertiary/aromatic N) is 7. The van der Waals surface area contributed by atoms with E-state index in [0.29, 0.717) is 46.6 Å². The molecule has 214 valence electrons. The maximum absolute atomic E-state index is 14.3. The third-order valence-electron chi connectivity index (χ3n) is 8.25. The summed E-state index contributed by atoms with van der Waals surface area (Å²) in [4.78, 5) is 24.3. The number of aromatic amines is 1. The molecule has 0 unspecified atom stereocenters. The smallest absolute Gasteiger partial charge is 0.276 e. The van der Waals surface area contributed by atoms with Crippen LogP contribution in [0.4, 0.5) is 10.2 Å². The monoisotopic (exact) mass is 587 g/mol. The molecule has 7 rings (SSSR count). The van der Waals surface area contributed by atoms with Gasteiger partial charge < -0.3 is 10.6 Å². The third kappa shape index (κ3) is 4.21. The number of pyridine rings is 1. The van der Waals surface area contributed by atoms with Crippen molar-refractivity contribution in [1.82, 2.24) is 39.9 Å². The Morgan fingerprint density at radius 3 is 2.45 bits per heavy atom.